The molecule has 2 rings (SSSR count). The van der Waals surface area contributed by atoms with Gasteiger partial charge in [0.25, 0.3) is 0 Å². The van der Waals surface area contributed by atoms with Gasteiger partial charge in [-0.25, -0.2) is 0 Å². The van der Waals surface area contributed by atoms with Gasteiger partial charge >= 0.3 is 0 Å². The highest BCUT2D eigenvalue weighted by Gasteiger charge is 2.06. The molecule has 24 heavy (non-hydrogen) atoms. The van der Waals surface area contributed by atoms with Gasteiger partial charge in [-0.05, 0) is 62.6 Å². The van der Waals surface area contributed by atoms with Crippen LogP contribution in [0.2, 0.25) is 0 Å². The fraction of sp³-hybridized carbons (Fsp3) is 0.350. The molecule has 4 nitrogen and oxygen atoms in total. The third kappa shape index (κ3) is 5.01. The summed E-state index contributed by atoms with van der Waals surface area (Å²) in [6.45, 7) is 8.42. The minimum Gasteiger partial charge on any atom is -0.491 e. The number of carbonyl (C=O) groups is 1. The molecule has 1 unspecified atom stereocenters. The van der Waals surface area contributed by atoms with E-state index >= 15 is 0 Å². The van der Waals surface area contributed by atoms with Crippen molar-refractivity contribution in [2.45, 2.75) is 40.2 Å². The van der Waals surface area contributed by atoms with E-state index in [1.807, 2.05) is 63.2 Å². The van der Waals surface area contributed by atoms with Gasteiger partial charge < -0.3 is 15.4 Å². The Kier molecular flexibility index (Phi) is 6.24. The normalized spacial score (nSPS) is 11.7. The largest absolute Gasteiger partial charge is 0.491 e. The average molecular weight is 326 g/mol. The molecule has 0 aliphatic rings. The molecule has 128 valence electrons. The predicted molar refractivity (Wildman–Crippen MR) is 99.9 cm³/mol. The van der Waals surface area contributed by atoms with Crippen LogP contribution in [0.3, 0.4) is 0 Å². The van der Waals surface area contributed by atoms with Crippen molar-refractivity contribution < 1.29 is 9.53 Å². The van der Waals surface area contributed by atoms with Gasteiger partial charge in [0.1, 0.15) is 5.75 Å². The molecule has 0 saturated carbocycles. The lowest BCUT2D eigenvalue weighted by Gasteiger charge is -2.14. The molecule has 2 aromatic rings. The first-order valence-corrected chi connectivity index (χ1v) is 8.36. The molecule has 2 N–H and O–H groups in total. The van der Waals surface area contributed by atoms with E-state index in [9.17, 15) is 4.79 Å². The Balaban J connectivity index is 1.88. The van der Waals surface area contributed by atoms with Gasteiger partial charge in [0.2, 0.25) is 5.91 Å². The summed E-state index contributed by atoms with van der Waals surface area (Å²) in [6, 6.07) is 13.5. The van der Waals surface area contributed by atoms with Crippen LogP contribution in [-0.4, -0.2) is 18.6 Å². The van der Waals surface area contributed by atoms with Crippen LogP contribution in [0.25, 0.3) is 0 Å². The van der Waals surface area contributed by atoms with Crippen molar-refractivity contribution in [2.24, 2.45) is 0 Å². The van der Waals surface area contributed by atoms with Gasteiger partial charge in [-0.2, -0.15) is 0 Å². The first kappa shape index (κ1) is 17.9. The zero-order chi connectivity index (χ0) is 17.5. The Hall–Kier alpha value is -2.49. The first-order chi connectivity index (χ1) is 11.5. The highest BCUT2D eigenvalue weighted by atomic mass is 16.5. The van der Waals surface area contributed by atoms with Crippen molar-refractivity contribution in [3.63, 3.8) is 0 Å². The highest BCUT2D eigenvalue weighted by Crippen LogP contribution is 2.20. The minimum absolute atomic E-state index is 0.0757. The molecule has 0 spiro atoms. The minimum atomic E-state index is -0.0757. The van der Waals surface area contributed by atoms with E-state index in [-0.39, 0.29) is 18.6 Å². The summed E-state index contributed by atoms with van der Waals surface area (Å²) in [4.78, 5) is 12.1. The maximum absolute atomic E-state index is 12.1. The van der Waals surface area contributed by atoms with E-state index in [2.05, 4.69) is 17.6 Å². The number of amides is 1. The summed E-state index contributed by atoms with van der Waals surface area (Å²) >= 11 is 0. The van der Waals surface area contributed by atoms with E-state index < -0.39 is 0 Å². The van der Waals surface area contributed by atoms with Crippen LogP contribution in [-0.2, 0) is 4.79 Å². The number of hydrogen-bond acceptors (Lipinski definition) is 3. The van der Waals surface area contributed by atoms with Gasteiger partial charge in [-0.1, -0.05) is 25.1 Å². The zero-order valence-electron chi connectivity index (χ0n) is 14.8. The second kappa shape index (κ2) is 8.39. The van der Waals surface area contributed by atoms with Crippen LogP contribution < -0.4 is 15.4 Å². The molecule has 4 heteroatoms. The smallest absolute Gasteiger partial charge is 0.243 e. The van der Waals surface area contributed by atoms with Gasteiger partial charge in [0, 0.05) is 11.4 Å². The van der Waals surface area contributed by atoms with Crippen LogP contribution in [0.15, 0.2) is 42.5 Å². The summed E-state index contributed by atoms with van der Waals surface area (Å²) in [5.41, 5.74) is 4.05. The average Bonchev–Trinajstić information content (AvgIpc) is 2.56. The Morgan fingerprint density at radius 2 is 1.71 bits per heavy atom. The van der Waals surface area contributed by atoms with E-state index in [1.165, 1.54) is 0 Å². The molecule has 1 atom stereocenters. The summed E-state index contributed by atoms with van der Waals surface area (Å²) in [5, 5.41) is 6.10. The van der Waals surface area contributed by atoms with Crippen molar-refractivity contribution in [3.05, 3.63) is 53.6 Å². The molecule has 0 heterocycles. The number of benzene rings is 2. The molecule has 0 radical (unpaired) electrons. The summed E-state index contributed by atoms with van der Waals surface area (Å²) in [6.07, 6.45) is 1.15. The van der Waals surface area contributed by atoms with Crippen LogP contribution in [0.5, 0.6) is 5.75 Å². The number of nitrogens with one attached hydrogen (secondary N) is 2. The number of rotatable bonds is 7. The number of carbonyl (C=O) groups excluding carboxylic acids is 1. The second-order valence-electron chi connectivity index (χ2n) is 6.03. The third-order valence-electron chi connectivity index (χ3n) is 3.96. The summed E-state index contributed by atoms with van der Waals surface area (Å²) in [7, 11) is 0. The van der Waals surface area contributed by atoms with Crippen molar-refractivity contribution in [2.75, 3.05) is 17.2 Å². The lowest BCUT2D eigenvalue weighted by atomic mass is 10.1. The molecule has 0 saturated heterocycles. The Labute approximate surface area is 144 Å². The zero-order valence-corrected chi connectivity index (χ0v) is 14.8. The van der Waals surface area contributed by atoms with E-state index in [0.717, 1.165) is 34.7 Å². The molecular weight excluding hydrogens is 300 g/mol. The standard InChI is InChI=1S/C20H26N2O2/c1-5-16(4)24-18-11-9-17(10-12-18)22-19(23)13-21-20-14(2)7-6-8-15(20)3/h6-12,16,21H,5,13H2,1-4H3,(H,22,23). The maximum atomic E-state index is 12.1. The van der Waals surface area contributed by atoms with Crippen molar-refractivity contribution in [1.29, 1.82) is 0 Å². The number of ether oxygens (including phenoxy) is 1. The summed E-state index contributed by atoms with van der Waals surface area (Å²) in [5.74, 6) is 0.740. The van der Waals surface area contributed by atoms with E-state index in [1.54, 1.807) is 0 Å². The Bertz CT molecular complexity index is 660. The second-order valence-corrected chi connectivity index (χ2v) is 6.03. The maximum Gasteiger partial charge on any atom is 0.243 e. The fourth-order valence-electron chi connectivity index (χ4n) is 2.40. The Morgan fingerprint density at radius 3 is 2.29 bits per heavy atom. The molecular formula is C20H26N2O2. The monoisotopic (exact) mass is 326 g/mol. The van der Waals surface area contributed by atoms with Crippen LogP contribution in [0.1, 0.15) is 31.4 Å². The van der Waals surface area contributed by atoms with E-state index in [0.29, 0.717) is 0 Å². The topological polar surface area (TPSA) is 50.4 Å². The van der Waals surface area contributed by atoms with Crippen LogP contribution in [0.4, 0.5) is 11.4 Å². The lowest BCUT2D eigenvalue weighted by Crippen LogP contribution is -2.22. The number of aryl methyl sites for hydroxylation is 2. The molecule has 0 fully saturated rings. The molecule has 0 aliphatic carbocycles. The lowest BCUT2D eigenvalue weighted by molar-refractivity contribution is -0.114. The fourth-order valence-corrected chi connectivity index (χ4v) is 2.40. The van der Waals surface area contributed by atoms with Crippen LogP contribution >= 0.6 is 0 Å². The van der Waals surface area contributed by atoms with Crippen molar-refractivity contribution in [1.82, 2.24) is 0 Å². The quantitative estimate of drug-likeness (QED) is 0.786. The highest BCUT2D eigenvalue weighted by molar-refractivity contribution is 5.94. The summed E-state index contributed by atoms with van der Waals surface area (Å²) < 4.78 is 5.73. The van der Waals surface area contributed by atoms with Crippen LogP contribution in [0, 0.1) is 13.8 Å². The van der Waals surface area contributed by atoms with Crippen molar-refractivity contribution >= 4 is 17.3 Å². The third-order valence-corrected chi connectivity index (χ3v) is 3.96. The van der Waals surface area contributed by atoms with E-state index in [4.69, 9.17) is 4.74 Å². The molecule has 1 amide bonds. The number of anilines is 2. The number of para-hydroxylation sites is 1. The van der Waals surface area contributed by atoms with Gasteiger partial charge in [0.15, 0.2) is 0 Å². The van der Waals surface area contributed by atoms with Gasteiger partial charge in [0.05, 0.1) is 12.6 Å². The number of hydrogen-bond donors (Lipinski definition) is 2. The molecule has 2 aromatic carbocycles. The predicted octanol–water partition coefficient (Wildman–Crippen LogP) is 4.53. The molecule has 0 bridgehead atoms. The van der Waals surface area contributed by atoms with Crippen molar-refractivity contribution in [3.8, 4) is 5.75 Å². The first-order valence-electron chi connectivity index (χ1n) is 8.36. The molecule has 0 aliphatic heterocycles. The SMILES string of the molecule is CCC(C)Oc1ccc(NC(=O)CNc2c(C)cccc2C)cc1. The Morgan fingerprint density at radius 1 is 1.08 bits per heavy atom. The van der Waals surface area contributed by atoms with Gasteiger partial charge in [-0.3, -0.25) is 4.79 Å². The molecule has 0 aromatic heterocycles. The van der Waals surface area contributed by atoms with Gasteiger partial charge in [-0.15, -0.1) is 0 Å².